The van der Waals surface area contributed by atoms with Gasteiger partial charge in [-0.1, -0.05) is 25.7 Å². The van der Waals surface area contributed by atoms with E-state index in [1.807, 2.05) is 6.92 Å². The summed E-state index contributed by atoms with van der Waals surface area (Å²) < 4.78 is 52.4. The van der Waals surface area contributed by atoms with Gasteiger partial charge in [0.2, 0.25) is 12.7 Å². The molecule has 2 fully saturated rings. The van der Waals surface area contributed by atoms with Crippen LogP contribution in [-0.4, -0.2) is 97.5 Å². The second kappa shape index (κ2) is 19.1. The van der Waals surface area contributed by atoms with Gasteiger partial charge in [0.05, 0.1) is 56.6 Å². The first-order valence-electron chi connectivity index (χ1n) is 13.8. The molecule has 0 spiro atoms. The van der Waals surface area contributed by atoms with Crippen LogP contribution in [0.4, 0.5) is 13.2 Å². The van der Waals surface area contributed by atoms with E-state index in [0.29, 0.717) is 67.0 Å². The van der Waals surface area contributed by atoms with Gasteiger partial charge in [-0.3, -0.25) is 19.1 Å². The minimum absolute atomic E-state index is 0. The van der Waals surface area contributed by atoms with Crippen molar-refractivity contribution < 1.29 is 67.8 Å². The summed E-state index contributed by atoms with van der Waals surface area (Å²) in [5, 5.41) is 12.0. The van der Waals surface area contributed by atoms with E-state index >= 15 is 0 Å². The number of aromatic nitrogens is 1. The van der Waals surface area contributed by atoms with Gasteiger partial charge in [0.1, 0.15) is 24.9 Å². The van der Waals surface area contributed by atoms with E-state index in [2.05, 4.69) is 29.5 Å². The molecule has 1 atom stereocenters. The van der Waals surface area contributed by atoms with Crippen LogP contribution >= 0.6 is 0 Å². The van der Waals surface area contributed by atoms with Crippen LogP contribution < -0.4 is 10.1 Å². The molecule has 2 aliphatic heterocycles. The summed E-state index contributed by atoms with van der Waals surface area (Å²) in [6.07, 6.45) is 4.85. The second-order valence-corrected chi connectivity index (χ2v) is 11.1. The Kier molecular flexibility index (Phi) is 17.1. The van der Waals surface area contributed by atoms with E-state index in [4.69, 9.17) is 14.7 Å². The molecule has 1 aromatic carbocycles. The first-order chi connectivity index (χ1) is 20.5. The van der Waals surface area contributed by atoms with Crippen molar-refractivity contribution in [1.82, 2.24) is 15.2 Å². The molecule has 14 heteroatoms. The topological polar surface area (TPSA) is 105 Å². The van der Waals surface area contributed by atoms with E-state index in [1.165, 1.54) is 12.3 Å². The number of rotatable bonds is 10. The van der Waals surface area contributed by atoms with Crippen LogP contribution in [0.5, 0.6) is 5.75 Å². The Balaban J connectivity index is 0.00000115. The molecule has 0 saturated carbocycles. The van der Waals surface area contributed by atoms with Crippen molar-refractivity contribution in [3.8, 4) is 11.8 Å². The summed E-state index contributed by atoms with van der Waals surface area (Å²) in [5.74, 6) is -3.96. The van der Waals surface area contributed by atoms with Gasteiger partial charge in [-0.05, 0) is 24.3 Å². The van der Waals surface area contributed by atoms with E-state index < -0.39 is 50.1 Å². The maximum atomic E-state index is 13.6. The predicted octanol–water partition coefficient (Wildman–Crippen LogP) is 4.34. The predicted molar refractivity (Wildman–Crippen MR) is 164 cm³/mol. The Morgan fingerprint density at radius 1 is 1.33 bits per heavy atom. The van der Waals surface area contributed by atoms with Gasteiger partial charge in [-0.15, -0.1) is 0 Å². The average molecular weight is 873 g/mol. The molecule has 2 aromatic rings. The average Bonchev–Trinajstić information content (AvgIpc) is 3.32. The zero-order valence-electron chi connectivity index (χ0n) is 25.6. The van der Waals surface area contributed by atoms with Gasteiger partial charge < -0.3 is 39.7 Å². The molecule has 1 unspecified atom stereocenters. The normalized spacial score (nSPS) is 18.2. The number of hydrogen-bond donors (Lipinski definition) is 1. The summed E-state index contributed by atoms with van der Waals surface area (Å²) in [4.78, 5) is 31.2. The van der Waals surface area contributed by atoms with Gasteiger partial charge in [-0.25, -0.2) is 13.7 Å². The van der Waals surface area contributed by atoms with Crippen LogP contribution in [0.25, 0.3) is 10.9 Å². The molecule has 3 heterocycles. The van der Waals surface area contributed by atoms with E-state index in [9.17, 15) is 22.8 Å². The maximum Gasteiger partial charge on any atom is 2.00 e. The number of fused-ring (bicyclic) bond motifs is 1. The van der Waals surface area contributed by atoms with Crippen molar-refractivity contribution in [2.75, 3.05) is 59.3 Å². The number of alkyl halides is 3. The number of allylic oxidation sites excluding steroid dienone is 3. The molecule has 0 radical (unpaired) electrons. The number of nitriles is 1. The Morgan fingerprint density at radius 3 is 2.64 bits per heavy atom. The summed E-state index contributed by atoms with van der Waals surface area (Å²) in [6, 6.07) is 7.06. The number of nitrogens with zero attached hydrogens (tertiary/aromatic N) is 4. The molecule has 2 aliphatic rings. The number of hydrogen-bond acceptors (Lipinski definition) is 7. The fourth-order valence-electron chi connectivity index (χ4n) is 4.85. The minimum Gasteiger partial charge on any atom is -0.784 e. The molecule has 2 saturated heterocycles. The molecule has 4 rings (SSSR count). The molecular weight excluding hydrogens is 833 g/mol. The SMILES string of the molecule is C=C/C=C(\C)[S-].N#CC1CC(F)(F)CN1C(=O)CNC(=O)c1ccnc2ccc(OCCC[N+]3(CF)CCOCC3)cc12.[CH3-].[U+2]. The van der Waals surface area contributed by atoms with Crippen LogP contribution in [0.3, 0.4) is 0 Å². The molecule has 2 amide bonds. The first kappa shape index (κ1) is 40.3. The summed E-state index contributed by atoms with van der Waals surface area (Å²) in [7, 11) is 0. The Hall–Kier alpha value is -2.68. The standard InChI is InChI=1S/C25H28F3N5O4.C5H8S.CH3.U/c26-17-33(7-10-36-11-8-33)6-1-9-37-19-2-3-22-21(12-19)20(4-5-30-22)24(35)31-15-23(34)32-16-25(27,28)13-18(32)14-29;1-3-4-5(2)6;;/h2-5,12,18H,1,6-11,13,15-17H2;3-4,6H,1H2,2H3;1H3;/q;;-1;+2/b;5-4+;;. The number of quaternary nitrogens is 1. The van der Waals surface area contributed by atoms with Gasteiger partial charge in [0.15, 0.2) is 0 Å². The Labute approximate surface area is 292 Å². The van der Waals surface area contributed by atoms with E-state index in [0.717, 1.165) is 9.81 Å². The van der Waals surface area contributed by atoms with E-state index in [-0.39, 0.29) is 44.1 Å². The largest absolute Gasteiger partial charge is 2.00 e. The summed E-state index contributed by atoms with van der Waals surface area (Å²) >= 11 is 4.67. The molecule has 1 N–H and O–H groups in total. The fourth-order valence-corrected chi connectivity index (χ4v) is 4.95. The van der Waals surface area contributed by atoms with Crippen LogP contribution in [0.15, 0.2) is 54.1 Å². The number of ether oxygens (including phenoxy) is 2. The number of carbonyl (C=O) groups is 2. The number of halogens is 3. The van der Waals surface area contributed by atoms with Crippen LogP contribution in [0, 0.1) is 49.9 Å². The fraction of sp³-hybridized carbons (Fsp3) is 0.452. The Bertz CT molecular complexity index is 1360. The van der Waals surface area contributed by atoms with Crippen molar-refractivity contribution in [1.29, 1.82) is 5.26 Å². The number of morpholine rings is 1. The van der Waals surface area contributed by atoms with Crippen molar-refractivity contribution in [3.05, 3.63) is 67.1 Å². The van der Waals surface area contributed by atoms with E-state index in [1.54, 1.807) is 36.4 Å². The van der Waals surface area contributed by atoms with Crippen molar-refractivity contribution in [3.63, 3.8) is 0 Å². The van der Waals surface area contributed by atoms with Gasteiger partial charge >= 0.3 is 31.1 Å². The zero-order valence-corrected chi connectivity index (χ0v) is 30.5. The van der Waals surface area contributed by atoms with Gasteiger partial charge in [0, 0.05) is 24.4 Å². The van der Waals surface area contributed by atoms with Crippen LogP contribution in [0.2, 0.25) is 0 Å². The van der Waals surface area contributed by atoms with Crippen molar-refractivity contribution in [2.45, 2.75) is 31.7 Å². The molecular formula is C31H39F3N5O4SU+. The third-order valence-corrected chi connectivity index (χ3v) is 7.30. The summed E-state index contributed by atoms with van der Waals surface area (Å²) in [5.41, 5.74) is 0.771. The monoisotopic (exact) mass is 872 g/mol. The van der Waals surface area contributed by atoms with Crippen molar-refractivity contribution >= 4 is 35.3 Å². The number of amides is 2. The molecule has 242 valence electrons. The number of pyridine rings is 1. The first-order valence-corrected chi connectivity index (χ1v) is 14.3. The molecule has 0 aliphatic carbocycles. The molecule has 45 heavy (non-hydrogen) atoms. The van der Waals surface area contributed by atoms with Crippen LogP contribution in [0.1, 0.15) is 30.1 Å². The summed E-state index contributed by atoms with van der Waals surface area (Å²) in [6.45, 7) is 6.86. The van der Waals surface area contributed by atoms with Crippen molar-refractivity contribution in [2.24, 2.45) is 0 Å². The number of benzene rings is 1. The quantitative estimate of drug-likeness (QED) is 0.0948. The second-order valence-electron chi connectivity index (χ2n) is 10.4. The number of nitrogens with one attached hydrogen (secondary N) is 1. The molecule has 1 aromatic heterocycles. The third-order valence-electron chi connectivity index (χ3n) is 7.17. The van der Waals surface area contributed by atoms with Crippen LogP contribution in [-0.2, 0) is 22.2 Å². The smallest absolute Gasteiger partial charge is 0.784 e. The third kappa shape index (κ3) is 11.9. The van der Waals surface area contributed by atoms with Gasteiger partial charge in [0.25, 0.3) is 11.8 Å². The zero-order chi connectivity index (χ0) is 31.5. The number of carbonyl (C=O) groups excluding carboxylic acids is 2. The number of likely N-dealkylation sites (tertiary alicyclic amines) is 1. The molecule has 0 bridgehead atoms. The molecule has 9 nitrogen and oxygen atoms in total. The minimum atomic E-state index is -3.13. The maximum absolute atomic E-state index is 13.6. The van der Waals surface area contributed by atoms with Gasteiger partial charge in [-0.2, -0.15) is 9.65 Å². The Morgan fingerprint density at radius 2 is 2.04 bits per heavy atom.